The molecule has 0 atom stereocenters. The van der Waals surface area contributed by atoms with Crippen molar-refractivity contribution in [3.05, 3.63) is 64.4 Å². The van der Waals surface area contributed by atoms with Crippen molar-refractivity contribution >= 4 is 34.8 Å². The van der Waals surface area contributed by atoms with Crippen LogP contribution in [0.5, 0.6) is 0 Å². The van der Waals surface area contributed by atoms with Crippen LogP contribution >= 0.6 is 11.6 Å². The molecule has 0 radical (unpaired) electrons. The third-order valence-corrected chi connectivity index (χ3v) is 3.18. The van der Waals surface area contributed by atoms with E-state index in [1.807, 2.05) is 0 Å². The highest BCUT2D eigenvalue weighted by molar-refractivity contribution is 6.36. The van der Waals surface area contributed by atoms with Gasteiger partial charge in [0.1, 0.15) is 5.82 Å². The first-order valence-electron chi connectivity index (χ1n) is 5.72. The predicted molar refractivity (Wildman–Crippen MR) is 74.4 cm³/mol. The van der Waals surface area contributed by atoms with Gasteiger partial charge in [-0.15, -0.1) is 0 Å². The van der Waals surface area contributed by atoms with E-state index in [1.165, 1.54) is 12.1 Å². The highest BCUT2D eigenvalue weighted by Crippen LogP contribution is 2.34. The van der Waals surface area contributed by atoms with Gasteiger partial charge in [-0.05, 0) is 35.9 Å². The number of rotatable bonds is 1. The molecule has 2 aromatic carbocycles. The van der Waals surface area contributed by atoms with E-state index in [4.69, 9.17) is 11.6 Å². The molecule has 0 unspecified atom stereocenters. The second-order valence-electron chi connectivity index (χ2n) is 4.25. The Morgan fingerprint density at radius 2 is 1.84 bits per heavy atom. The highest BCUT2D eigenvalue weighted by Gasteiger charge is 2.23. The maximum absolute atomic E-state index is 12.8. The Kier molecular flexibility index (Phi) is 2.84. The number of nitrogens with one attached hydrogen (secondary N) is 1. The molecule has 0 spiro atoms. The van der Waals surface area contributed by atoms with Crippen molar-refractivity contribution in [3.63, 3.8) is 0 Å². The van der Waals surface area contributed by atoms with Gasteiger partial charge in [0, 0.05) is 16.2 Å². The van der Waals surface area contributed by atoms with Gasteiger partial charge in [-0.25, -0.2) is 4.39 Å². The first kappa shape index (κ1) is 11.9. The second-order valence-corrected chi connectivity index (χ2v) is 4.69. The normalized spacial score (nSPS) is 15.5. The molecule has 1 N–H and O–H groups in total. The predicted octanol–water partition coefficient (Wildman–Crippen LogP) is 3.97. The Hall–Kier alpha value is -2.13. The van der Waals surface area contributed by atoms with Gasteiger partial charge in [-0.2, -0.15) is 0 Å². The van der Waals surface area contributed by atoms with Crippen molar-refractivity contribution < 1.29 is 9.18 Å². The summed E-state index contributed by atoms with van der Waals surface area (Å²) in [4.78, 5) is 11.9. The molecular formula is C15H9ClFNO. The molecule has 4 heteroatoms. The molecule has 1 heterocycles. The molecule has 0 bridgehead atoms. The van der Waals surface area contributed by atoms with Gasteiger partial charge in [-0.3, -0.25) is 4.79 Å². The Bertz CT molecular complexity index is 692. The van der Waals surface area contributed by atoms with Crippen LogP contribution in [0.4, 0.5) is 10.1 Å². The van der Waals surface area contributed by atoms with Crippen molar-refractivity contribution in [2.45, 2.75) is 0 Å². The molecule has 1 aliphatic heterocycles. The number of fused-ring (bicyclic) bond motifs is 1. The minimum atomic E-state index is -0.301. The number of hydrogen-bond acceptors (Lipinski definition) is 1. The largest absolute Gasteiger partial charge is 0.321 e. The molecule has 2 aromatic rings. The quantitative estimate of drug-likeness (QED) is 0.783. The van der Waals surface area contributed by atoms with E-state index in [1.54, 1.807) is 36.4 Å². The van der Waals surface area contributed by atoms with Crippen molar-refractivity contribution in [1.29, 1.82) is 0 Å². The summed E-state index contributed by atoms with van der Waals surface area (Å²) in [6.45, 7) is 0. The van der Waals surface area contributed by atoms with Gasteiger partial charge < -0.3 is 5.32 Å². The van der Waals surface area contributed by atoms with Crippen LogP contribution in [0.15, 0.2) is 42.5 Å². The molecule has 1 aliphatic rings. The molecule has 0 aliphatic carbocycles. The zero-order chi connectivity index (χ0) is 13.4. The number of halogens is 2. The molecule has 0 fully saturated rings. The standard InChI is InChI=1S/C15H9ClFNO/c16-10-3-6-12-13(15(19)18-14(12)8-10)7-9-1-4-11(17)5-2-9/h1-8H,(H,18,19)/b13-7+. The Morgan fingerprint density at radius 3 is 2.58 bits per heavy atom. The monoisotopic (exact) mass is 273 g/mol. The van der Waals surface area contributed by atoms with E-state index in [0.717, 1.165) is 11.1 Å². The van der Waals surface area contributed by atoms with Gasteiger partial charge in [0.25, 0.3) is 5.91 Å². The van der Waals surface area contributed by atoms with Crippen LogP contribution in [0, 0.1) is 5.82 Å². The lowest BCUT2D eigenvalue weighted by atomic mass is 10.0. The third-order valence-electron chi connectivity index (χ3n) is 2.95. The van der Waals surface area contributed by atoms with Crippen LogP contribution < -0.4 is 5.32 Å². The zero-order valence-electron chi connectivity index (χ0n) is 9.78. The van der Waals surface area contributed by atoms with Gasteiger partial charge in [0.15, 0.2) is 0 Å². The minimum Gasteiger partial charge on any atom is -0.321 e. The number of anilines is 1. The van der Waals surface area contributed by atoms with E-state index < -0.39 is 0 Å². The summed E-state index contributed by atoms with van der Waals surface area (Å²) in [7, 11) is 0. The molecule has 1 amide bonds. The maximum Gasteiger partial charge on any atom is 0.256 e. The van der Waals surface area contributed by atoms with Gasteiger partial charge in [0.05, 0.1) is 5.69 Å². The maximum atomic E-state index is 12.8. The van der Waals surface area contributed by atoms with Crippen LogP contribution in [-0.2, 0) is 4.79 Å². The van der Waals surface area contributed by atoms with Crippen molar-refractivity contribution in [1.82, 2.24) is 0 Å². The van der Waals surface area contributed by atoms with Crippen LogP contribution in [0.25, 0.3) is 11.6 Å². The number of amides is 1. The number of benzene rings is 2. The number of carbonyl (C=O) groups excluding carboxylic acids is 1. The fraction of sp³-hybridized carbons (Fsp3) is 0. The lowest BCUT2D eigenvalue weighted by Gasteiger charge is -1.99. The smallest absolute Gasteiger partial charge is 0.256 e. The van der Waals surface area contributed by atoms with Crippen LogP contribution in [-0.4, -0.2) is 5.91 Å². The van der Waals surface area contributed by atoms with E-state index in [-0.39, 0.29) is 11.7 Å². The summed E-state index contributed by atoms with van der Waals surface area (Å²) in [6.07, 6.45) is 1.73. The topological polar surface area (TPSA) is 29.1 Å². The Morgan fingerprint density at radius 1 is 1.11 bits per heavy atom. The van der Waals surface area contributed by atoms with Crippen molar-refractivity contribution in [2.75, 3.05) is 5.32 Å². The molecule has 94 valence electrons. The fourth-order valence-corrected chi connectivity index (χ4v) is 2.21. The first-order valence-corrected chi connectivity index (χ1v) is 6.10. The zero-order valence-corrected chi connectivity index (χ0v) is 10.5. The molecule has 0 saturated carbocycles. The first-order chi connectivity index (χ1) is 9.13. The molecular weight excluding hydrogens is 265 g/mol. The molecule has 19 heavy (non-hydrogen) atoms. The summed E-state index contributed by atoms with van der Waals surface area (Å²) in [6, 6.07) is 11.2. The highest BCUT2D eigenvalue weighted by atomic mass is 35.5. The Balaban J connectivity index is 2.06. The molecule has 0 aromatic heterocycles. The van der Waals surface area contributed by atoms with Gasteiger partial charge >= 0.3 is 0 Å². The average molecular weight is 274 g/mol. The van der Waals surface area contributed by atoms with Crippen molar-refractivity contribution in [3.8, 4) is 0 Å². The summed E-state index contributed by atoms with van der Waals surface area (Å²) in [5.74, 6) is -0.480. The van der Waals surface area contributed by atoms with Crippen molar-refractivity contribution in [2.24, 2.45) is 0 Å². The van der Waals surface area contributed by atoms with E-state index in [0.29, 0.717) is 16.3 Å². The minimum absolute atomic E-state index is 0.179. The SMILES string of the molecule is O=C1Nc2cc(Cl)ccc2/C1=C\c1ccc(F)cc1. The lowest BCUT2D eigenvalue weighted by Crippen LogP contribution is -2.03. The lowest BCUT2D eigenvalue weighted by molar-refractivity contribution is -0.110. The van der Waals surface area contributed by atoms with Crippen LogP contribution in [0.2, 0.25) is 5.02 Å². The molecule has 2 nitrogen and oxygen atoms in total. The summed E-state index contributed by atoms with van der Waals surface area (Å²) >= 11 is 5.88. The Labute approximate surface area is 114 Å². The fourth-order valence-electron chi connectivity index (χ4n) is 2.04. The molecule has 0 saturated heterocycles. The second kappa shape index (κ2) is 4.52. The summed E-state index contributed by atoms with van der Waals surface area (Å²) in [5, 5.41) is 3.33. The van der Waals surface area contributed by atoms with Crippen LogP contribution in [0.3, 0.4) is 0 Å². The van der Waals surface area contributed by atoms with Crippen LogP contribution in [0.1, 0.15) is 11.1 Å². The average Bonchev–Trinajstić information content (AvgIpc) is 2.68. The van der Waals surface area contributed by atoms with E-state index in [9.17, 15) is 9.18 Å². The van der Waals surface area contributed by atoms with E-state index >= 15 is 0 Å². The summed E-state index contributed by atoms with van der Waals surface area (Å²) in [5.41, 5.74) is 2.83. The van der Waals surface area contributed by atoms with Gasteiger partial charge in [-0.1, -0.05) is 29.8 Å². The van der Waals surface area contributed by atoms with E-state index in [2.05, 4.69) is 5.32 Å². The molecule has 3 rings (SSSR count). The number of carbonyl (C=O) groups is 1. The third kappa shape index (κ3) is 2.25. The summed E-state index contributed by atoms with van der Waals surface area (Å²) < 4.78 is 12.8. The number of hydrogen-bond donors (Lipinski definition) is 1. The van der Waals surface area contributed by atoms with Gasteiger partial charge in [0.2, 0.25) is 0 Å².